The lowest BCUT2D eigenvalue weighted by molar-refractivity contribution is -0.146. The Hall–Kier alpha value is -0.250. The van der Waals surface area contributed by atoms with Gasteiger partial charge in [-0.25, -0.2) is 0 Å². The molecule has 0 spiro atoms. The van der Waals surface area contributed by atoms with Crippen molar-refractivity contribution in [2.75, 3.05) is 12.4 Å². The Balaban J connectivity index is 3.47. The van der Waals surface area contributed by atoms with Crippen molar-refractivity contribution in [3.05, 3.63) is 0 Å². The van der Waals surface area contributed by atoms with E-state index in [1.54, 1.807) is 11.8 Å². The smallest absolute Gasteiger partial charge is 0.319 e. The summed E-state index contributed by atoms with van der Waals surface area (Å²) in [4.78, 5) is 11.4. The molecule has 4 heteroatoms. The highest BCUT2D eigenvalue weighted by atomic mass is 32.2. The van der Waals surface area contributed by atoms with Gasteiger partial charge in [-0.2, -0.15) is 0 Å². The van der Waals surface area contributed by atoms with Crippen LogP contribution >= 0.6 is 11.8 Å². The van der Waals surface area contributed by atoms with Crippen LogP contribution in [0.3, 0.4) is 0 Å². The Morgan fingerprint density at radius 2 is 1.93 bits per heavy atom. The van der Waals surface area contributed by atoms with Crippen LogP contribution in [0.1, 0.15) is 40.0 Å². The molecule has 0 radical (unpaired) electrons. The Kier molecular flexibility index (Phi) is 8.86. The summed E-state index contributed by atoms with van der Waals surface area (Å²) in [5.74, 6) is 0.745. The summed E-state index contributed by atoms with van der Waals surface area (Å²) in [6.07, 6.45) is 2.45. The molecule has 0 saturated heterocycles. The van der Waals surface area contributed by atoms with Crippen LogP contribution in [0, 0.1) is 0 Å². The molecule has 0 N–H and O–H groups in total. The zero-order chi connectivity index (χ0) is 11.7. The average Bonchev–Trinajstić information content (AvgIpc) is 2.16. The molecule has 0 bridgehead atoms. The molecule has 0 amide bonds. The molecule has 0 rings (SSSR count). The standard InChI is InChI=1S/C11H21FO2S/c1-9(2)14-11(13)10(3)15-8-6-4-5-7-12/h9-10H,4-8H2,1-3H3. The van der Waals surface area contributed by atoms with Crippen molar-refractivity contribution in [2.45, 2.75) is 51.4 Å². The first-order valence-electron chi connectivity index (χ1n) is 5.46. The molecule has 0 aliphatic rings. The number of unbranched alkanes of at least 4 members (excludes halogenated alkanes) is 2. The maximum Gasteiger partial charge on any atom is 0.319 e. The number of ether oxygens (including phenoxy) is 1. The molecule has 0 aromatic rings. The Morgan fingerprint density at radius 3 is 2.47 bits per heavy atom. The predicted molar refractivity (Wildman–Crippen MR) is 63.0 cm³/mol. The van der Waals surface area contributed by atoms with Crippen LogP contribution in [-0.4, -0.2) is 29.8 Å². The fourth-order valence-electron chi connectivity index (χ4n) is 1.03. The lowest BCUT2D eigenvalue weighted by Crippen LogP contribution is -2.21. The Morgan fingerprint density at radius 1 is 1.27 bits per heavy atom. The Bertz CT molecular complexity index is 174. The van der Waals surface area contributed by atoms with Gasteiger partial charge in [0.15, 0.2) is 0 Å². The fraction of sp³-hybridized carbons (Fsp3) is 0.909. The lowest BCUT2D eigenvalue weighted by Gasteiger charge is -2.13. The first-order valence-corrected chi connectivity index (χ1v) is 6.51. The maximum absolute atomic E-state index is 11.8. The zero-order valence-corrected chi connectivity index (χ0v) is 10.6. The second kappa shape index (κ2) is 9.01. The number of alkyl halides is 1. The summed E-state index contributed by atoms with van der Waals surface area (Å²) in [6, 6.07) is 0. The number of hydrogen-bond donors (Lipinski definition) is 0. The van der Waals surface area contributed by atoms with Gasteiger partial charge in [0.25, 0.3) is 0 Å². The number of halogens is 1. The van der Waals surface area contributed by atoms with Crippen LogP contribution in [0.2, 0.25) is 0 Å². The zero-order valence-electron chi connectivity index (χ0n) is 9.79. The number of esters is 1. The molecule has 0 aromatic carbocycles. The summed E-state index contributed by atoms with van der Waals surface area (Å²) in [5, 5.41) is -0.113. The van der Waals surface area contributed by atoms with E-state index in [2.05, 4.69) is 0 Å². The number of hydrogen-bond acceptors (Lipinski definition) is 3. The molecule has 0 aromatic heterocycles. The third-order valence-electron chi connectivity index (χ3n) is 1.83. The minimum atomic E-state index is -0.240. The summed E-state index contributed by atoms with van der Waals surface area (Å²) in [7, 11) is 0. The summed E-state index contributed by atoms with van der Waals surface area (Å²) in [5.41, 5.74) is 0. The van der Waals surface area contributed by atoms with Gasteiger partial charge in [0, 0.05) is 0 Å². The minimum absolute atomic E-state index is 0.0490. The van der Waals surface area contributed by atoms with Gasteiger partial charge >= 0.3 is 5.97 Å². The molecule has 0 aliphatic carbocycles. The van der Waals surface area contributed by atoms with Crippen molar-refractivity contribution in [1.82, 2.24) is 0 Å². The second-order valence-electron chi connectivity index (χ2n) is 3.75. The molecular formula is C11H21FO2S. The average molecular weight is 236 g/mol. The SMILES string of the molecule is CC(C)OC(=O)C(C)SCCCCCF. The van der Waals surface area contributed by atoms with Gasteiger partial charge in [0.2, 0.25) is 0 Å². The van der Waals surface area contributed by atoms with E-state index in [4.69, 9.17) is 4.74 Å². The van der Waals surface area contributed by atoms with Crippen LogP contribution < -0.4 is 0 Å². The van der Waals surface area contributed by atoms with E-state index in [0.717, 1.165) is 18.6 Å². The summed E-state index contributed by atoms with van der Waals surface area (Å²) in [6.45, 7) is 5.30. The predicted octanol–water partition coefficient (Wildman–Crippen LogP) is 3.20. The van der Waals surface area contributed by atoms with Gasteiger partial charge in [-0.3, -0.25) is 9.18 Å². The van der Waals surface area contributed by atoms with Crippen LogP contribution in [0.25, 0.3) is 0 Å². The molecule has 15 heavy (non-hydrogen) atoms. The van der Waals surface area contributed by atoms with Gasteiger partial charge in [-0.15, -0.1) is 11.8 Å². The van der Waals surface area contributed by atoms with Crippen LogP contribution in [0.4, 0.5) is 4.39 Å². The van der Waals surface area contributed by atoms with Crippen LogP contribution in [-0.2, 0) is 9.53 Å². The van der Waals surface area contributed by atoms with Gasteiger partial charge in [0.05, 0.1) is 18.0 Å². The third kappa shape index (κ3) is 8.73. The normalized spacial score (nSPS) is 12.9. The van der Waals surface area contributed by atoms with E-state index in [1.807, 2.05) is 20.8 Å². The van der Waals surface area contributed by atoms with Crippen molar-refractivity contribution in [2.24, 2.45) is 0 Å². The third-order valence-corrected chi connectivity index (χ3v) is 3.05. The van der Waals surface area contributed by atoms with Crippen LogP contribution in [0.5, 0.6) is 0 Å². The number of thioether (sulfide) groups is 1. The number of carbonyl (C=O) groups is 1. The number of carbonyl (C=O) groups excluding carboxylic acids is 1. The van der Waals surface area contributed by atoms with Crippen molar-refractivity contribution in [3.63, 3.8) is 0 Å². The molecule has 0 aliphatic heterocycles. The van der Waals surface area contributed by atoms with Crippen molar-refractivity contribution < 1.29 is 13.9 Å². The molecule has 2 nitrogen and oxygen atoms in total. The van der Waals surface area contributed by atoms with E-state index in [9.17, 15) is 9.18 Å². The Labute approximate surface area is 96.0 Å². The van der Waals surface area contributed by atoms with Gasteiger partial charge in [-0.05, 0) is 39.4 Å². The van der Waals surface area contributed by atoms with Gasteiger partial charge in [0.1, 0.15) is 0 Å². The molecule has 0 fully saturated rings. The molecule has 0 saturated carbocycles. The van der Waals surface area contributed by atoms with E-state index >= 15 is 0 Å². The van der Waals surface area contributed by atoms with Crippen molar-refractivity contribution in [1.29, 1.82) is 0 Å². The van der Waals surface area contributed by atoms with E-state index in [-0.39, 0.29) is 24.0 Å². The van der Waals surface area contributed by atoms with E-state index < -0.39 is 0 Å². The van der Waals surface area contributed by atoms with Crippen molar-refractivity contribution in [3.8, 4) is 0 Å². The molecule has 0 heterocycles. The van der Waals surface area contributed by atoms with Gasteiger partial charge < -0.3 is 4.74 Å². The fourth-order valence-corrected chi connectivity index (χ4v) is 1.95. The molecular weight excluding hydrogens is 215 g/mol. The van der Waals surface area contributed by atoms with Gasteiger partial charge in [-0.1, -0.05) is 6.42 Å². The molecule has 1 atom stereocenters. The summed E-state index contributed by atoms with van der Waals surface area (Å²) >= 11 is 1.58. The highest BCUT2D eigenvalue weighted by Gasteiger charge is 2.15. The maximum atomic E-state index is 11.8. The second-order valence-corrected chi connectivity index (χ2v) is 5.20. The number of rotatable bonds is 8. The minimum Gasteiger partial charge on any atom is -0.462 e. The first kappa shape index (κ1) is 14.8. The monoisotopic (exact) mass is 236 g/mol. The lowest BCUT2D eigenvalue weighted by atomic mass is 10.3. The first-order chi connectivity index (χ1) is 7.07. The van der Waals surface area contributed by atoms with Crippen molar-refractivity contribution >= 4 is 17.7 Å². The largest absolute Gasteiger partial charge is 0.462 e. The quantitative estimate of drug-likeness (QED) is 0.478. The summed E-state index contributed by atoms with van der Waals surface area (Å²) < 4.78 is 16.8. The van der Waals surface area contributed by atoms with E-state index in [1.165, 1.54) is 0 Å². The highest BCUT2D eigenvalue weighted by molar-refractivity contribution is 8.00. The van der Waals surface area contributed by atoms with E-state index in [0.29, 0.717) is 6.42 Å². The topological polar surface area (TPSA) is 26.3 Å². The van der Waals surface area contributed by atoms with Crippen LogP contribution in [0.15, 0.2) is 0 Å². The molecule has 90 valence electrons. The highest BCUT2D eigenvalue weighted by Crippen LogP contribution is 2.15. The molecule has 1 unspecified atom stereocenters.